The van der Waals surface area contributed by atoms with Gasteiger partial charge in [0, 0.05) is 44.0 Å². The predicted molar refractivity (Wildman–Crippen MR) is 87.2 cm³/mol. The quantitative estimate of drug-likeness (QED) is 0.863. The Bertz CT molecular complexity index is 736. The van der Waals surface area contributed by atoms with Crippen molar-refractivity contribution in [3.63, 3.8) is 0 Å². The second-order valence-electron chi connectivity index (χ2n) is 7.41. The lowest BCUT2D eigenvalue weighted by Gasteiger charge is -2.38. The van der Waals surface area contributed by atoms with E-state index < -0.39 is 0 Å². The summed E-state index contributed by atoms with van der Waals surface area (Å²) < 4.78 is 6.84. The number of likely N-dealkylation sites (tertiary alicyclic amines) is 1. The van der Waals surface area contributed by atoms with E-state index in [4.69, 9.17) is 4.42 Å². The summed E-state index contributed by atoms with van der Waals surface area (Å²) in [5, 5.41) is 4.54. The molecule has 2 aromatic heterocycles. The van der Waals surface area contributed by atoms with E-state index in [0.717, 1.165) is 31.0 Å². The van der Waals surface area contributed by atoms with E-state index in [9.17, 15) is 4.79 Å². The molecule has 0 amide bonds. The molecule has 6 nitrogen and oxygen atoms in total. The lowest BCUT2D eigenvalue weighted by Crippen LogP contribution is -2.49. The minimum absolute atomic E-state index is 0.0245. The summed E-state index contributed by atoms with van der Waals surface area (Å²) in [4.78, 5) is 18.6. The van der Waals surface area contributed by atoms with Crippen molar-refractivity contribution >= 4 is 0 Å². The van der Waals surface area contributed by atoms with Gasteiger partial charge in [0.1, 0.15) is 6.26 Å². The molecule has 0 bridgehead atoms. The topological polar surface area (TPSA) is 64.2 Å². The molecule has 0 aromatic carbocycles. The summed E-state index contributed by atoms with van der Waals surface area (Å²) in [6.45, 7) is 11.6. The van der Waals surface area contributed by atoms with Crippen LogP contribution in [0.3, 0.4) is 0 Å². The zero-order valence-electron chi connectivity index (χ0n) is 14.2. The first-order chi connectivity index (χ1) is 10.8. The van der Waals surface area contributed by atoms with Gasteiger partial charge < -0.3 is 4.42 Å². The van der Waals surface area contributed by atoms with Crippen LogP contribution in [0, 0.1) is 12.8 Å². The van der Waals surface area contributed by atoms with E-state index in [2.05, 4.69) is 35.8 Å². The number of aryl methyl sites for hydroxylation is 1. The molecule has 1 aliphatic heterocycles. The Morgan fingerprint density at radius 2 is 2.04 bits per heavy atom. The van der Waals surface area contributed by atoms with Gasteiger partial charge in [0.2, 0.25) is 0 Å². The average Bonchev–Trinajstić information content (AvgIpc) is 2.82. The second-order valence-corrected chi connectivity index (χ2v) is 7.41. The van der Waals surface area contributed by atoms with Crippen LogP contribution in [-0.4, -0.2) is 32.8 Å². The number of hydrogen-bond donors (Lipinski definition) is 0. The van der Waals surface area contributed by atoms with E-state index in [1.54, 1.807) is 17.0 Å². The molecule has 3 rings (SSSR count). The van der Waals surface area contributed by atoms with Crippen molar-refractivity contribution in [2.24, 2.45) is 5.92 Å². The molecule has 0 N–H and O–H groups in total. The summed E-state index contributed by atoms with van der Waals surface area (Å²) in [5.41, 5.74) is 1.84. The van der Waals surface area contributed by atoms with Crippen LogP contribution in [0.25, 0.3) is 0 Å². The molecule has 2 aromatic rings. The zero-order chi connectivity index (χ0) is 16.6. The van der Waals surface area contributed by atoms with Crippen LogP contribution in [-0.2, 0) is 18.5 Å². The van der Waals surface area contributed by atoms with Gasteiger partial charge in [0.05, 0.1) is 17.9 Å². The second kappa shape index (κ2) is 5.92. The van der Waals surface area contributed by atoms with Crippen molar-refractivity contribution in [3.8, 4) is 0 Å². The standard InChI is InChI=1S/C17H24N4O2/c1-12-18-14(11-23-12)10-20-7-13(8-20)9-21-16(22)6-5-15(19-21)17(2,3)4/h5-6,11,13H,7-10H2,1-4H3. The Morgan fingerprint density at radius 1 is 1.30 bits per heavy atom. The molecular weight excluding hydrogens is 292 g/mol. The summed E-state index contributed by atoms with van der Waals surface area (Å²) in [6, 6.07) is 3.46. The van der Waals surface area contributed by atoms with Gasteiger partial charge in [-0.05, 0) is 6.07 Å². The number of aromatic nitrogens is 3. The zero-order valence-corrected chi connectivity index (χ0v) is 14.2. The van der Waals surface area contributed by atoms with E-state index in [1.165, 1.54) is 0 Å². The molecule has 124 valence electrons. The first-order valence-corrected chi connectivity index (χ1v) is 8.03. The van der Waals surface area contributed by atoms with Crippen molar-refractivity contribution < 1.29 is 4.42 Å². The molecule has 6 heteroatoms. The number of hydrogen-bond acceptors (Lipinski definition) is 5. The van der Waals surface area contributed by atoms with Crippen LogP contribution >= 0.6 is 0 Å². The largest absolute Gasteiger partial charge is 0.449 e. The lowest BCUT2D eigenvalue weighted by molar-refractivity contribution is 0.0750. The Balaban J connectivity index is 1.58. The molecule has 0 saturated carbocycles. The van der Waals surface area contributed by atoms with Crippen LogP contribution in [0.1, 0.15) is 38.0 Å². The van der Waals surface area contributed by atoms with Crippen LogP contribution < -0.4 is 5.56 Å². The van der Waals surface area contributed by atoms with Crippen LogP contribution in [0.15, 0.2) is 27.6 Å². The highest BCUT2D eigenvalue weighted by Gasteiger charge is 2.28. The van der Waals surface area contributed by atoms with Gasteiger partial charge in [-0.2, -0.15) is 5.10 Å². The molecule has 0 spiro atoms. The molecule has 0 atom stereocenters. The fourth-order valence-corrected chi connectivity index (χ4v) is 2.86. The first kappa shape index (κ1) is 15.9. The summed E-state index contributed by atoms with van der Waals surface area (Å²) in [7, 11) is 0. The van der Waals surface area contributed by atoms with Gasteiger partial charge in [-0.3, -0.25) is 9.69 Å². The lowest BCUT2D eigenvalue weighted by atomic mass is 9.92. The SMILES string of the molecule is Cc1nc(CN2CC(Cn3nc(C(C)(C)C)ccc3=O)C2)co1. The highest BCUT2D eigenvalue weighted by atomic mass is 16.3. The van der Waals surface area contributed by atoms with Crippen molar-refractivity contribution in [2.75, 3.05) is 13.1 Å². The first-order valence-electron chi connectivity index (χ1n) is 8.03. The molecule has 0 radical (unpaired) electrons. The van der Waals surface area contributed by atoms with Gasteiger partial charge in [0.25, 0.3) is 5.56 Å². The van der Waals surface area contributed by atoms with E-state index in [-0.39, 0.29) is 11.0 Å². The molecular formula is C17H24N4O2. The van der Waals surface area contributed by atoms with Crippen molar-refractivity contribution in [3.05, 3.63) is 46.0 Å². The van der Waals surface area contributed by atoms with Gasteiger partial charge in [-0.1, -0.05) is 20.8 Å². The molecule has 1 fully saturated rings. The highest BCUT2D eigenvalue weighted by molar-refractivity contribution is 5.10. The van der Waals surface area contributed by atoms with E-state index in [0.29, 0.717) is 18.4 Å². The Labute approximate surface area is 136 Å². The van der Waals surface area contributed by atoms with Crippen molar-refractivity contribution in [2.45, 2.75) is 46.2 Å². The fraction of sp³-hybridized carbons (Fsp3) is 0.588. The van der Waals surface area contributed by atoms with E-state index >= 15 is 0 Å². The smallest absolute Gasteiger partial charge is 0.266 e. The monoisotopic (exact) mass is 316 g/mol. The van der Waals surface area contributed by atoms with Gasteiger partial charge in [0.15, 0.2) is 5.89 Å². The highest BCUT2D eigenvalue weighted by Crippen LogP contribution is 2.21. The Morgan fingerprint density at radius 3 is 2.65 bits per heavy atom. The maximum Gasteiger partial charge on any atom is 0.266 e. The van der Waals surface area contributed by atoms with Crippen LogP contribution in [0.2, 0.25) is 0 Å². The van der Waals surface area contributed by atoms with Gasteiger partial charge in [-0.15, -0.1) is 0 Å². The molecule has 0 aliphatic carbocycles. The number of nitrogens with zero attached hydrogens (tertiary/aromatic N) is 4. The molecule has 23 heavy (non-hydrogen) atoms. The molecule has 0 unspecified atom stereocenters. The minimum Gasteiger partial charge on any atom is -0.449 e. The van der Waals surface area contributed by atoms with Crippen molar-refractivity contribution in [1.82, 2.24) is 19.7 Å². The maximum atomic E-state index is 12.0. The van der Waals surface area contributed by atoms with Gasteiger partial charge >= 0.3 is 0 Å². The third-order valence-electron chi connectivity index (χ3n) is 4.15. The van der Waals surface area contributed by atoms with Crippen LogP contribution in [0.4, 0.5) is 0 Å². The molecule has 1 saturated heterocycles. The van der Waals surface area contributed by atoms with Crippen molar-refractivity contribution in [1.29, 1.82) is 0 Å². The Hall–Kier alpha value is -1.95. The number of rotatable bonds is 4. The average molecular weight is 316 g/mol. The van der Waals surface area contributed by atoms with Gasteiger partial charge in [-0.25, -0.2) is 9.67 Å². The number of oxazole rings is 1. The van der Waals surface area contributed by atoms with E-state index in [1.807, 2.05) is 13.0 Å². The fourth-order valence-electron chi connectivity index (χ4n) is 2.86. The molecule has 3 heterocycles. The third-order valence-corrected chi connectivity index (χ3v) is 4.15. The third kappa shape index (κ3) is 3.69. The minimum atomic E-state index is -0.0497. The summed E-state index contributed by atoms with van der Waals surface area (Å²) >= 11 is 0. The molecule has 1 aliphatic rings. The normalized spacial score (nSPS) is 16.5. The Kier molecular flexibility index (Phi) is 4.10. The summed E-state index contributed by atoms with van der Waals surface area (Å²) in [5.74, 6) is 1.16. The maximum absolute atomic E-state index is 12.0. The summed E-state index contributed by atoms with van der Waals surface area (Å²) in [6.07, 6.45) is 1.71. The van der Waals surface area contributed by atoms with Crippen LogP contribution in [0.5, 0.6) is 0 Å². The predicted octanol–water partition coefficient (Wildman–Crippen LogP) is 1.97.